The van der Waals surface area contributed by atoms with Crippen molar-refractivity contribution in [3.63, 3.8) is 0 Å². The molecule has 134 valence electrons. The number of nitrogens with one attached hydrogen (secondary N) is 1. The number of rotatable bonds is 7. The number of pyridine rings is 1. The highest BCUT2D eigenvalue weighted by atomic mass is 16.1. The van der Waals surface area contributed by atoms with E-state index < -0.39 is 0 Å². The lowest BCUT2D eigenvalue weighted by atomic mass is 10.1. The van der Waals surface area contributed by atoms with E-state index in [9.17, 15) is 4.79 Å². The summed E-state index contributed by atoms with van der Waals surface area (Å²) in [5, 5.41) is 2.91. The second kappa shape index (κ2) is 8.40. The molecule has 0 unspecified atom stereocenters. The van der Waals surface area contributed by atoms with Crippen molar-refractivity contribution in [2.24, 2.45) is 0 Å². The lowest BCUT2D eigenvalue weighted by Gasteiger charge is -2.10. The zero-order chi connectivity index (χ0) is 18.4. The molecule has 3 rings (SSSR count). The standard InChI is InChI=1S/C20H23N5O/c1-24(2)11-10-22-20(26)18-6-4-17(5-7-18)19-8-3-16(13-23-19)14-25-12-9-21-15-25/h3-9,12-13,15H,10-11,14H2,1-2H3,(H,22,26). The molecule has 0 bridgehead atoms. The minimum Gasteiger partial charge on any atom is -0.351 e. The van der Waals surface area contributed by atoms with Crippen molar-refractivity contribution in [3.05, 3.63) is 72.4 Å². The summed E-state index contributed by atoms with van der Waals surface area (Å²) in [6.07, 6.45) is 7.35. The zero-order valence-corrected chi connectivity index (χ0v) is 15.1. The van der Waals surface area contributed by atoms with Crippen LogP contribution in [0.2, 0.25) is 0 Å². The lowest BCUT2D eigenvalue weighted by molar-refractivity contribution is 0.0951. The van der Waals surface area contributed by atoms with Crippen molar-refractivity contribution in [2.45, 2.75) is 6.54 Å². The Kier molecular flexibility index (Phi) is 5.76. The summed E-state index contributed by atoms with van der Waals surface area (Å²) in [5.74, 6) is -0.0537. The number of imidazole rings is 1. The fourth-order valence-corrected chi connectivity index (χ4v) is 2.57. The third-order valence-electron chi connectivity index (χ3n) is 4.04. The van der Waals surface area contributed by atoms with E-state index in [1.807, 2.05) is 66.3 Å². The molecular weight excluding hydrogens is 326 g/mol. The smallest absolute Gasteiger partial charge is 0.251 e. The predicted octanol–water partition coefficient (Wildman–Crippen LogP) is 2.28. The fraction of sp³-hybridized carbons (Fsp3) is 0.250. The van der Waals surface area contributed by atoms with Gasteiger partial charge in [-0.2, -0.15) is 0 Å². The van der Waals surface area contributed by atoms with E-state index in [0.29, 0.717) is 12.1 Å². The second-order valence-electron chi connectivity index (χ2n) is 6.42. The monoisotopic (exact) mass is 349 g/mol. The molecule has 0 spiro atoms. The molecule has 2 aromatic heterocycles. The van der Waals surface area contributed by atoms with E-state index >= 15 is 0 Å². The Bertz CT molecular complexity index is 824. The average Bonchev–Trinajstić information content (AvgIpc) is 3.15. The number of amides is 1. The predicted molar refractivity (Wildman–Crippen MR) is 102 cm³/mol. The van der Waals surface area contributed by atoms with Gasteiger partial charge in [0.05, 0.1) is 12.0 Å². The maximum atomic E-state index is 12.1. The first kappa shape index (κ1) is 17.8. The first-order chi connectivity index (χ1) is 12.6. The van der Waals surface area contributed by atoms with E-state index in [0.717, 1.165) is 29.9 Å². The number of aromatic nitrogens is 3. The molecule has 2 heterocycles. The van der Waals surface area contributed by atoms with Gasteiger partial charge in [-0.05, 0) is 37.9 Å². The van der Waals surface area contributed by atoms with Crippen LogP contribution in [0, 0.1) is 0 Å². The summed E-state index contributed by atoms with van der Waals surface area (Å²) in [6.45, 7) is 2.20. The highest BCUT2D eigenvalue weighted by Gasteiger charge is 2.06. The van der Waals surface area contributed by atoms with Gasteiger partial charge in [0.1, 0.15) is 0 Å². The topological polar surface area (TPSA) is 63.1 Å². The highest BCUT2D eigenvalue weighted by molar-refractivity contribution is 5.94. The fourth-order valence-electron chi connectivity index (χ4n) is 2.57. The van der Waals surface area contributed by atoms with Crippen LogP contribution in [0.15, 0.2) is 61.3 Å². The van der Waals surface area contributed by atoms with Crippen molar-refractivity contribution in [2.75, 3.05) is 27.2 Å². The molecule has 0 atom stereocenters. The molecule has 0 aliphatic carbocycles. The minimum absolute atomic E-state index is 0.0537. The van der Waals surface area contributed by atoms with Gasteiger partial charge in [0.15, 0.2) is 0 Å². The SMILES string of the molecule is CN(C)CCNC(=O)c1ccc(-c2ccc(Cn3ccnc3)cn2)cc1. The van der Waals surface area contributed by atoms with Crippen LogP contribution in [0.25, 0.3) is 11.3 Å². The first-order valence-corrected chi connectivity index (χ1v) is 8.56. The summed E-state index contributed by atoms with van der Waals surface area (Å²) in [5.41, 5.74) is 3.65. The summed E-state index contributed by atoms with van der Waals surface area (Å²) in [7, 11) is 3.96. The third kappa shape index (κ3) is 4.77. The van der Waals surface area contributed by atoms with Gasteiger partial charge < -0.3 is 14.8 Å². The van der Waals surface area contributed by atoms with E-state index in [-0.39, 0.29) is 5.91 Å². The molecule has 1 N–H and O–H groups in total. The van der Waals surface area contributed by atoms with Crippen molar-refractivity contribution in [1.82, 2.24) is 24.8 Å². The van der Waals surface area contributed by atoms with Crippen molar-refractivity contribution in [1.29, 1.82) is 0 Å². The van der Waals surface area contributed by atoms with E-state index in [1.54, 1.807) is 12.5 Å². The van der Waals surface area contributed by atoms with Crippen LogP contribution in [0.3, 0.4) is 0 Å². The van der Waals surface area contributed by atoms with Crippen LogP contribution in [-0.2, 0) is 6.54 Å². The molecule has 6 nitrogen and oxygen atoms in total. The van der Waals surface area contributed by atoms with Crippen molar-refractivity contribution >= 4 is 5.91 Å². The van der Waals surface area contributed by atoms with Crippen molar-refractivity contribution in [3.8, 4) is 11.3 Å². The molecule has 0 saturated carbocycles. The Morgan fingerprint density at radius 3 is 2.58 bits per heavy atom. The Hall–Kier alpha value is -2.99. The molecular formula is C20H23N5O. The van der Waals surface area contributed by atoms with Crippen LogP contribution in [0.1, 0.15) is 15.9 Å². The summed E-state index contributed by atoms with van der Waals surface area (Å²) >= 11 is 0. The molecule has 1 amide bonds. The van der Waals surface area contributed by atoms with Gasteiger partial charge in [0.25, 0.3) is 5.91 Å². The number of hydrogen-bond donors (Lipinski definition) is 1. The van der Waals surface area contributed by atoms with Gasteiger partial charge in [-0.15, -0.1) is 0 Å². The van der Waals surface area contributed by atoms with Gasteiger partial charge in [0, 0.05) is 49.4 Å². The van der Waals surface area contributed by atoms with Crippen LogP contribution in [0.4, 0.5) is 0 Å². The molecule has 0 aliphatic heterocycles. The highest BCUT2D eigenvalue weighted by Crippen LogP contribution is 2.18. The van der Waals surface area contributed by atoms with E-state index in [2.05, 4.69) is 21.4 Å². The maximum Gasteiger partial charge on any atom is 0.251 e. The molecule has 0 fully saturated rings. The molecule has 26 heavy (non-hydrogen) atoms. The van der Waals surface area contributed by atoms with Crippen LogP contribution in [0.5, 0.6) is 0 Å². The number of likely N-dealkylation sites (N-methyl/N-ethyl adjacent to an activating group) is 1. The Morgan fingerprint density at radius 1 is 1.15 bits per heavy atom. The van der Waals surface area contributed by atoms with Crippen LogP contribution < -0.4 is 5.32 Å². The number of hydrogen-bond acceptors (Lipinski definition) is 4. The second-order valence-corrected chi connectivity index (χ2v) is 6.42. The van der Waals surface area contributed by atoms with Crippen molar-refractivity contribution < 1.29 is 4.79 Å². The molecule has 1 aromatic carbocycles. The number of carbonyl (C=O) groups is 1. The van der Waals surface area contributed by atoms with Crippen LogP contribution >= 0.6 is 0 Å². The summed E-state index contributed by atoms with van der Waals surface area (Å²) < 4.78 is 2.00. The van der Waals surface area contributed by atoms with Gasteiger partial charge in [-0.25, -0.2) is 4.98 Å². The molecule has 0 radical (unpaired) electrons. The van der Waals surface area contributed by atoms with E-state index in [4.69, 9.17) is 0 Å². The number of benzene rings is 1. The number of nitrogens with zero attached hydrogens (tertiary/aromatic N) is 4. The Morgan fingerprint density at radius 2 is 1.96 bits per heavy atom. The van der Waals surface area contributed by atoms with Gasteiger partial charge in [-0.3, -0.25) is 9.78 Å². The molecule has 3 aromatic rings. The Labute approximate surface area is 153 Å². The first-order valence-electron chi connectivity index (χ1n) is 8.56. The minimum atomic E-state index is -0.0537. The maximum absolute atomic E-state index is 12.1. The van der Waals surface area contributed by atoms with Gasteiger partial charge in [-0.1, -0.05) is 18.2 Å². The zero-order valence-electron chi connectivity index (χ0n) is 15.1. The van der Waals surface area contributed by atoms with E-state index in [1.165, 1.54) is 0 Å². The van der Waals surface area contributed by atoms with Gasteiger partial charge in [0.2, 0.25) is 0 Å². The van der Waals surface area contributed by atoms with Crippen LogP contribution in [-0.4, -0.2) is 52.5 Å². The molecule has 0 aliphatic rings. The number of carbonyl (C=O) groups excluding carboxylic acids is 1. The Balaban J connectivity index is 1.62. The molecule has 6 heteroatoms. The lowest BCUT2D eigenvalue weighted by Crippen LogP contribution is -2.31. The molecule has 0 saturated heterocycles. The largest absolute Gasteiger partial charge is 0.351 e. The summed E-state index contributed by atoms with van der Waals surface area (Å²) in [6, 6.07) is 11.6. The summed E-state index contributed by atoms with van der Waals surface area (Å²) in [4.78, 5) is 22.7. The normalized spacial score (nSPS) is 10.9. The van der Waals surface area contributed by atoms with Gasteiger partial charge >= 0.3 is 0 Å². The average molecular weight is 349 g/mol. The third-order valence-corrected chi connectivity index (χ3v) is 4.04. The quantitative estimate of drug-likeness (QED) is 0.711.